The molecular weight excluding hydrogens is 1630 g/mol. The van der Waals surface area contributed by atoms with E-state index in [1.54, 1.807) is 26.0 Å². The van der Waals surface area contributed by atoms with Gasteiger partial charge in [0.25, 0.3) is 0 Å². The van der Waals surface area contributed by atoms with Crippen LogP contribution in [0.2, 0.25) is 15.1 Å². The number of nitrogens with one attached hydrogen (secondary N) is 9. The molecule has 22 N–H and O–H groups in total. The zero-order chi connectivity index (χ0) is 86.5. The number of unbranched alkanes of at least 4 members (excludes halogenated alkanes) is 1. The molecule has 7 aliphatic rings. The molecule has 9 unspecified atom stereocenters. The Kier molecular flexibility index (Phi) is 28.2. The van der Waals surface area contributed by atoms with Crippen LogP contribution in [0.15, 0.2) is 127 Å². The number of halogens is 3. The molecule has 7 heterocycles. The average molecular weight is 1720 g/mol. The third-order valence-electron chi connectivity index (χ3n) is 21.5. The summed E-state index contributed by atoms with van der Waals surface area (Å²) in [5.41, 5.74) is 10.7. The normalized spacial score (nSPS) is 26.6. The summed E-state index contributed by atoms with van der Waals surface area (Å²) in [6.07, 6.45) is -17.8. The fourth-order valence-corrected chi connectivity index (χ4v) is 15.6. The maximum Gasteiger partial charge on any atom is 0.248 e. The van der Waals surface area contributed by atoms with Crippen LogP contribution >= 0.6 is 34.8 Å². The minimum atomic E-state index is -2.35. The number of likely N-dealkylation sites (N-methyl/N-ethyl adjacent to an activating group) is 1. The number of phenolic OH excluding ortho intramolecular Hbond substituents is 3. The van der Waals surface area contributed by atoms with Gasteiger partial charge in [-0.3, -0.25) is 38.4 Å². The molecule has 0 saturated carbocycles. The molecule has 0 radical (unpaired) electrons. The number of carbonyl (C=O) groups is 8. The van der Waals surface area contributed by atoms with Crippen LogP contribution in [0.25, 0.3) is 22.3 Å². The molecule has 7 aromatic rings. The van der Waals surface area contributed by atoms with Crippen molar-refractivity contribution in [2.24, 2.45) is 17.4 Å². The lowest BCUT2D eigenvalue weighted by Crippen LogP contribution is -2.65. The van der Waals surface area contributed by atoms with Crippen molar-refractivity contribution >= 4 is 82.1 Å². The smallest absolute Gasteiger partial charge is 0.248 e. The van der Waals surface area contributed by atoms with Crippen molar-refractivity contribution in [3.8, 4) is 68.2 Å². The number of ether oxygens (including phenoxy) is 6. The van der Waals surface area contributed by atoms with Gasteiger partial charge < -0.3 is 134 Å². The lowest BCUT2D eigenvalue weighted by Gasteiger charge is -2.48. The highest BCUT2D eigenvalue weighted by molar-refractivity contribution is 6.32. The van der Waals surface area contributed by atoms with Crippen molar-refractivity contribution in [1.29, 1.82) is 0 Å². The van der Waals surface area contributed by atoms with Gasteiger partial charge in [-0.15, -0.1) is 0 Å². The first-order valence-electron chi connectivity index (χ1n) is 38.7. The van der Waals surface area contributed by atoms with Crippen molar-refractivity contribution in [1.82, 2.24) is 47.9 Å². The van der Waals surface area contributed by atoms with Gasteiger partial charge >= 0.3 is 0 Å². The Labute approximate surface area is 702 Å². The number of phenols is 3. The second-order valence-electron chi connectivity index (χ2n) is 30.6. The number of hydrogen-bond donors (Lipinski definition) is 20. The molecule has 0 aliphatic carbocycles. The highest BCUT2D eigenvalue weighted by Crippen LogP contribution is 2.50. The highest BCUT2D eigenvalue weighted by Gasteiger charge is 2.52. The van der Waals surface area contributed by atoms with Crippen molar-refractivity contribution < 1.29 is 113 Å². The van der Waals surface area contributed by atoms with Gasteiger partial charge in [-0.25, -0.2) is 0 Å². The number of amides is 8. The fourth-order valence-electron chi connectivity index (χ4n) is 15.0. The second-order valence-corrected chi connectivity index (χ2v) is 31.9. The van der Waals surface area contributed by atoms with E-state index in [1.807, 2.05) is 50.2 Å². The summed E-state index contributed by atoms with van der Waals surface area (Å²) in [5.74, 6) is -14.6. The number of nitrogens with two attached hydrogens (primary N) is 2. The van der Waals surface area contributed by atoms with Gasteiger partial charge in [0.15, 0.2) is 23.9 Å². The Balaban J connectivity index is 1.04. The number of rotatable bonds is 21. The zero-order valence-electron chi connectivity index (χ0n) is 65.4. The van der Waals surface area contributed by atoms with E-state index in [2.05, 4.69) is 47.9 Å². The minimum absolute atomic E-state index is 0.0256. The van der Waals surface area contributed by atoms with E-state index >= 15 is 24.0 Å². The molecule has 18 atom stereocenters. The maximum absolute atomic E-state index is 16.3. The number of aromatic hydroxyl groups is 3. The Bertz CT molecular complexity index is 5000. The van der Waals surface area contributed by atoms with Crippen molar-refractivity contribution in [3.05, 3.63) is 176 Å². The third kappa shape index (κ3) is 19.9. The van der Waals surface area contributed by atoms with Crippen LogP contribution in [0.1, 0.15) is 124 Å². The number of primary amides is 1. The standard InChI is InChI=1S/C83H94Cl3N11O23/c1-36(2)24-51(89-5)75(108)96-66-68(103)42-15-20-55(49(85)26-42)116-57-28-44-29-58(72(57)120-82-73(71(106)70(105)59(35-98)118-82)119-61-33-83(4,74(107)37(3)115-61)91-34-38-8-10-39(11-9-38)40-12-17-45(84)18-13-40)117-56-21-16-43(27-50(56)86)69(104)67-81(114)95-65(77(110)90-23-7-6-22-87)48-30-46(99)31-54(101)62(48)47-25-41(14-19-53(47)100)63(78(111)97-67)94-79(112)64(44)93-76(109)52(32-60(88)102)92-80(66)113/h8-21,25-31,36-37,51-52,59,61,63-71,73-74,82,89,91,98-101,103-107H,6-7,22-24,32-35,87H2,1-5H3,(H2,88,102)(H,90,110)(H,92,113)(H,93,109)(H,94,112)(H,95,114)(H,96,108)(H,97,111)/t37?,51-,52+,59?,61?,63-,64-,65+,66-,67+,68-,69-,70?,71?,73?,74?,82?,83?/m1/s1. The number of aliphatic hydroxyl groups is 6. The highest BCUT2D eigenvalue weighted by atomic mass is 35.5. The van der Waals surface area contributed by atoms with E-state index in [0.29, 0.717) is 17.9 Å². The molecule has 7 aliphatic heterocycles. The fraction of sp³-hybridized carbons (Fsp3) is 0.398. The van der Waals surface area contributed by atoms with Crippen LogP contribution < -0.4 is 73.5 Å². The Morgan fingerprint density at radius 3 is 1.90 bits per heavy atom. The summed E-state index contributed by atoms with van der Waals surface area (Å²) in [4.78, 5) is 120. The first-order valence-corrected chi connectivity index (χ1v) is 39.8. The predicted octanol–water partition coefficient (Wildman–Crippen LogP) is 4.03. The quantitative estimate of drug-likeness (QED) is 0.0452. The topological polar surface area (TPSA) is 534 Å². The lowest BCUT2D eigenvalue weighted by molar-refractivity contribution is -0.334. The summed E-state index contributed by atoms with van der Waals surface area (Å²) >= 11 is 20.6. The number of hydrogen-bond acceptors (Lipinski definition) is 26. The van der Waals surface area contributed by atoms with Crippen LogP contribution in [0.4, 0.5) is 0 Å². The summed E-state index contributed by atoms with van der Waals surface area (Å²) in [5, 5.41) is 131. The van der Waals surface area contributed by atoms with E-state index in [4.69, 9.17) is 74.7 Å². The van der Waals surface area contributed by atoms with Crippen LogP contribution in [-0.4, -0.2) is 199 Å². The minimum Gasteiger partial charge on any atom is -0.508 e. The molecule has 37 heteroatoms. The van der Waals surface area contributed by atoms with Crippen molar-refractivity contribution in [2.75, 3.05) is 26.7 Å². The van der Waals surface area contributed by atoms with Gasteiger partial charge in [0, 0.05) is 47.3 Å². The molecule has 0 aromatic heterocycles. The molecule has 8 amide bonds. The molecule has 640 valence electrons. The van der Waals surface area contributed by atoms with E-state index in [1.165, 1.54) is 31.3 Å². The molecule has 14 rings (SSSR count). The number of aliphatic hydroxyl groups excluding tert-OH is 6. The summed E-state index contributed by atoms with van der Waals surface area (Å²) in [7, 11) is 1.48. The molecule has 2 saturated heterocycles. The van der Waals surface area contributed by atoms with E-state index in [-0.39, 0.29) is 82.7 Å². The third-order valence-corrected chi connectivity index (χ3v) is 22.3. The van der Waals surface area contributed by atoms with Crippen LogP contribution in [-0.2, 0) is 59.1 Å². The van der Waals surface area contributed by atoms with Gasteiger partial charge in [0.05, 0.1) is 41.3 Å². The van der Waals surface area contributed by atoms with Crippen LogP contribution in [0.5, 0.6) is 46.0 Å². The van der Waals surface area contributed by atoms with Crippen LogP contribution in [0.3, 0.4) is 0 Å². The molecular formula is C83H94Cl3N11O23. The lowest BCUT2D eigenvalue weighted by atomic mass is 9.84. The summed E-state index contributed by atoms with van der Waals surface area (Å²) in [6.45, 7) is 6.40. The second kappa shape index (κ2) is 38.1. The first kappa shape index (κ1) is 88.8. The Morgan fingerprint density at radius 2 is 1.28 bits per heavy atom. The summed E-state index contributed by atoms with van der Waals surface area (Å²) < 4.78 is 39.7. The van der Waals surface area contributed by atoms with Gasteiger partial charge in [-0.1, -0.05) is 103 Å². The molecule has 0 spiro atoms. The molecule has 120 heavy (non-hydrogen) atoms. The number of carbonyl (C=O) groups excluding carboxylic acids is 8. The molecule has 34 nitrogen and oxygen atoms in total. The van der Waals surface area contributed by atoms with Gasteiger partial charge in [0.1, 0.15) is 95.5 Å². The van der Waals surface area contributed by atoms with Gasteiger partial charge in [-0.05, 0) is 164 Å². The van der Waals surface area contributed by atoms with Crippen molar-refractivity contribution in [3.63, 3.8) is 0 Å². The Morgan fingerprint density at radius 1 is 0.667 bits per heavy atom. The zero-order valence-corrected chi connectivity index (χ0v) is 67.7. The van der Waals surface area contributed by atoms with Gasteiger partial charge in [-0.2, -0.15) is 0 Å². The summed E-state index contributed by atoms with van der Waals surface area (Å²) in [6, 6.07) is 15.4. The largest absolute Gasteiger partial charge is 0.508 e. The van der Waals surface area contributed by atoms with E-state index in [9.17, 15) is 60.3 Å². The van der Waals surface area contributed by atoms with Gasteiger partial charge in [0.2, 0.25) is 59.3 Å². The monoisotopic (exact) mass is 1720 g/mol. The SMILES string of the molecule is CN[C@H](CC(C)C)C(=O)N[C@H]1C(=O)N[C@@H](CC(N)=O)C(=O)N[C@H]2C(=O)N[C@H]3C(=O)N[C@H](C(=O)N[C@H](C(=O)NCCCCN)c4cc(O)cc(O)c4-c4cc3ccc4O)[C@H](O)c3ccc(c(Cl)c3)Oc3cc2cc(c3OC2OC(CO)C(O)C(O)C2OC2CC(C)(NCc3ccc(-c4ccc(Cl)cc4)cc3)C(O)C(C)O2)Oc2ccc(cc2Cl)[C@H]1O. The van der Waals surface area contributed by atoms with Crippen molar-refractivity contribution in [2.45, 2.75) is 176 Å². The predicted molar refractivity (Wildman–Crippen MR) is 432 cm³/mol. The number of fused-ring (bicyclic) bond motifs is 15. The molecule has 11 bridgehead atoms. The Hall–Kier alpha value is -10.5. The average Bonchev–Trinajstić information content (AvgIpc) is 0.807. The molecule has 2 fully saturated rings. The van der Waals surface area contributed by atoms with E-state index < -0.39 is 220 Å². The van der Waals surface area contributed by atoms with E-state index in [0.717, 1.165) is 71.3 Å². The maximum atomic E-state index is 16.3. The molecule has 7 aromatic carbocycles. The first-order chi connectivity index (χ1) is 57.1. The van der Waals surface area contributed by atoms with Crippen LogP contribution in [0, 0.1) is 5.92 Å². The number of benzene rings is 7.